The van der Waals surface area contributed by atoms with Gasteiger partial charge in [0.1, 0.15) is 11.4 Å². The minimum absolute atomic E-state index is 0.0379. The number of phenols is 1. The van der Waals surface area contributed by atoms with Crippen LogP contribution in [0.5, 0.6) is 5.75 Å². The number of rotatable bonds is 3. The maximum atomic E-state index is 12.5. The van der Waals surface area contributed by atoms with Crippen LogP contribution >= 0.6 is 0 Å². The van der Waals surface area contributed by atoms with E-state index in [4.69, 9.17) is 9.47 Å². The van der Waals surface area contributed by atoms with E-state index in [0.717, 1.165) is 6.08 Å². The summed E-state index contributed by atoms with van der Waals surface area (Å²) >= 11 is 0. The van der Waals surface area contributed by atoms with Crippen molar-refractivity contribution in [3.63, 3.8) is 0 Å². The van der Waals surface area contributed by atoms with Crippen LogP contribution in [0.25, 0.3) is 0 Å². The van der Waals surface area contributed by atoms with E-state index in [9.17, 15) is 24.3 Å². The van der Waals surface area contributed by atoms with Crippen molar-refractivity contribution < 1.29 is 33.8 Å². The molecule has 1 fully saturated rings. The Bertz CT molecular complexity index is 922. The van der Waals surface area contributed by atoms with Gasteiger partial charge >= 0.3 is 6.09 Å². The number of hydrogen-bond donors (Lipinski definition) is 1. The van der Waals surface area contributed by atoms with Gasteiger partial charge in [-0.3, -0.25) is 14.4 Å². The average Bonchev–Trinajstić information content (AvgIpc) is 2.68. The minimum Gasteiger partial charge on any atom is -0.507 e. The molecule has 160 valence electrons. The van der Waals surface area contributed by atoms with E-state index >= 15 is 0 Å². The smallest absolute Gasteiger partial charge is 0.410 e. The number of ether oxygens (including phenoxy) is 2. The Morgan fingerprint density at radius 3 is 2.33 bits per heavy atom. The number of carbonyl (C=O) groups is 4. The lowest BCUT2D eigenvalue weighted by atomic mass is 9.93. The highest BCUT2D eigenvalue weighted by Crippen LogP contribution is 2.28. The standard InChI is InChI=1S/C21H24N2O7/c1-21(2,3)30-20(28)23-9-7-22(8-10-23)17(26)12-29-16-11-15(25)18-13(19(16)27)5-4-6-14(18)24/h4-6,11,24H,7-10,12H2,1-3H3. The zero-order valence-corrected chi connectivity index (χ0v) is 17.1. The molecule has 1 aromatic carbocycles. The Morgan fingerprint density at radius 1 is 1.07 bits per heavy atom. The minimum atomic E-state index is -0.592. The van der Waals surface area contributed by atoms with Gasteiger partial charge in [-0.05, 0) is 32.9 Å². The SMILES string of the molecule is CC(C)(C)OC(=O)N1CCN(C(=O)COC2=CC(=O)c3c(O)cccc3C2=O)CC1. The van der Waals surface area contributed by atoms with Gasteiger partial charge in [0.05, 0.1) is 5.56 Å². The van der Waals surface area contributed by atoms with E-state index in [1.54, 1.807) is 20.8 Å². The third-order valence-electron chi connectivity index (χ3n) is 4.65. The zero-order valence-electron chi connectivity index (χ0n) is 17.1. The largest absolute Gasteiger partial charge is 0.507 e. The maximum Gasteiger partial charge on any atom is 0.410 e. The first kappa shape index (κ1) is 21.4. The van der Waals surface area contributed by atoms with Crippen molar-refractivity contribution in [3.8, 4) is 5.75 Å². The molecule has 3 rings (SSSR count). The molecule has 2 aliphatic rings. The Hall–Kier alpha value is -3.36. The van der Waals surface area contributed by atoms with Crippen molar-refractivity contribution in [2.45, 2.75) is 26.4 Å². The first-order chi connectivity index (χ1) is 14.1. The number of nitrogens with zero attached hydrogens (tertiary/aromatic N) is 2. The molecule has 0 spiro atoms. The van der Waals surface area contributed by atoms with Crippen LogP contribution in [0.4, 0.5) is 4.79 Å². The fourth-order valence-electron chi connectivity index (χ4n) is 3.18. The highest BCUT2D eigenvalue weighted by molar-refractivity contribution is 6.24. The van der Waals surface area contributed by atoms with E-state index < -0.39 is 29.9 Å². The predicted molar refractivity (Wildman–Crippen MR) is 105 cm³/mol. The number of fused-ring (bicyclic) bond motifs is 1. The average molecular weight is 416 g/mol. The zero-order chi connectivity index (χ0) is 22.1. The summed E-state index contributed by atoms with van der Waals surface area (Å²) in [5, 5.41) is 9.80. The molecule has 0 atom stereocenters. The molecule has 0 aromatic heterocycles. The van der Waals surface area contributed by atoms with E-state index in [0.29, 0.717) is 26.2 Å². The molecule has 0 radical (unpaired) electrons. The molecule has 9 nitrogen and oxygen atoms in total. The van der Waals surface area contributed by atoms with Gasteiger partial charge in [-0.25, -0.2) is 4.79 Å². The molecule has 1 aliphatic heterocycles. The summed E-state index contributed by atoms with van der Waals surface area (Å²) < 4.78 is 10.7. The molecular formula is C21H24N2O7. The number of amides is 2. The van der Waals surface area contributed by atoms with Crippen molar-refractivity contribution in [2.24, 2.45) is 0 Å². The second-order valence-electron chi connectivity index (χ2n) is 8.04. The van der Waals surface area contributed by atoms with Gasteiger partial charge in [-0.15, -0.1) is 0 Å². The molecule has 30 heavy (non-hydrogen) atoms. The molecule has 1 aliphatic carbocycles. The van der Waals surface area contributed by atoms with Crippen LogP contribution in [-0.2, 0) is 14.3 Å². The molecule has 1 saturated heterocycles. The van der Waals surface area contributed by atoms with E-state index in [2.05, 4.69) is 0 Å². The first-order valence-electron chi connectivity index (χ1n) is 9.58. The molecule has 2 amide bonds. The number of carbonyl (C=O) groups excluding carboxylic acids is 4. The van der Waals surface area contributed by atoms with Crippen LogP contribution in [0.1, 0.15) is 41.5 Å². The Kier molecular flexibility index (Phi) is 5.82. The van der Waals surface area contributed by atoms with Gasteiger partial charge in [0.25, 0.3) is 5.91 Å². The number of hydrogen-bond acceptors (Lipinski definition) is 7. The lowest BCUT2D eigenvalue weighted by Crippen LogP contribution is -2.52. The van der Waals surface area contributed by atoms with Gasteiger partial charge in [0, 0.05) is 37.8 Å². The maximum absolute atomic E-state index is 12.5. The summed E-state index contributed by atoms with van der Waals surface area (Å²) in [7, 11) is 0. The Labute approximate surface area is 173 Å². The molecule has 1 aromatic rings. The van der Waals surface area contributed by atoms with Crippen LogP contribution in [0.2, 0.25) is 0 Å². The monoisotopic (exact) mass is 416 g/mol. The van der Waals surface area contributed by atoms with Gasteiger partial charge in [-0.2, -0.15) is 0 Å². The van der Waals surface area contributed by atoms with Gasteiger partial charge in [-0.1, -0.05) is 6.07 Å². The summed E-state index contributed by atoms with van der Waals surface area (Å²) in [5.74, 6) is -2.00. The summed E-state index contributed by atoms with van der Waals surface area (Å²) in [4.78, 5) is 52.3. The second-order valence-corrected chi connectivity index (χ2v) is 8.04. The third kappa shape index (κ3) is 4.61. The summed E-state index contributed by atoms with van der Waals surface area (Å²) in [6.45, 7) is 6.22. The van der Waals surface area contributed by atoms with Crippen molar-refractivity contribution in [3.05, 3.63) is 41.2 Å². The van der Waals surface area contributed by atoms with Crippen LogP contribution in [0.15, 0.2) is 30.0 Å². The van der Waals surface area contributed by atoms with Crippen molar-refractivity contribution >= 4 is 23.6 Å². The molecule has 1 heterocycles. The van der Waals surface area contributed by atoms with Crippen LogP contribution < -0.4 is 0 Å². The van der Waals surface area contributed by atoms with Crippen molar-refractivity contribution in [1.82, 2.24) is 9.80 Å². The van der Waals surface area contributed by atoms with E-state index in [1.807, 2.05) is 0 Å². The van der Waals surface area contributed by atoms with Gasteiger partial charge in [0.2, 0.25) is 5.78 Å². The fourth-order valence-corrected chi connectivity index (χ4v) is 3.18. The number of ketones is 2. The number of Topliss-reactive ketones (excluding diaryl/α,β-unsaturated/α-hetero) is 1. The molecular weight excluding hydrogens is 392 g/mol. The van der Waals surface area contributed by atoms with Crippen LogP contribution in [0.3, 0.4) is 0 Å². The lowest BCUT2D eigenvalue weighted by molar-refractivity contribution is -0.136. The summed E-state index contributed by atoms with van der Waals surface area (Å²) in [6.07, 6.45) is 0.558. The molecule has 1 N–H and O–H groups in total. The molecule has 0 bridgehead atoms. The molecule has 9 heteroatoms. The number of benzene rings is 1. The Morgan fingerprint density at radius 2 is 1.70 bits per heavy atom. The van der Waals surface area contributed by atoms with Crippen molar-refractivity contribution in [1.29, 1.82) is 0 Å². The first-order valence-corrected chi connectivity index (χ1v) is 9.58. The normalized spacial score (nSPS) is 16.7. The number of phenolic OH excluding ortho intramolecular Hbond substituents is 1. The third-order valence-corrected chi connectivity index (χ3v) is 4.65. The quantitative estimate of drug-likeness (QED) is 0.799. The molecule has 0 unspecified atom stereocenters. The lowest BCUT2D eigenvalue weighted by Gasteiger charge is -2.35. The fraction of sp³-hybridized carbons (Fsp3) is 0.429. The highest BCUT2D eigenvalue weighted by Gasteiger charge is 2.31. The van der Waals surface area contributed by atoms with Crippen LogP contribution in [0, 0.1) is 0 Å². The number of piperazine rings is 1. The van der Waals surface area contributed by atoms with Gasteiger partial charge < -0.3 is 24.4 Å². The number of allylic oxidation sites excluding steroid dienone is 2. The number of aromatic hydroxyl groups is 1. The van der Waals surface area contributed by atoms with Gasteiger partial charge in [0.15, 0.2) is 18.1 Å². The van der Waals surface area contributed by atoms with E-state index in [-0.39, 0.29) is 28.5 Å². The van der Waals surface area contributed by atoms with E-state index in [1.165, 1.54) is 28.0 Å². The highest BCUT2D eigenvalue weighted by atomic mass is 16.6. The topological polar surface area (TPSA) is 113 Å². The summed E-state index contributed by atoms with van der Waals surface area (Å²) in [5.41, 5.74) is -0.624. The van der Waals surface area contributed by atoms with Crippen LogP contribution in [-0.4, -0.2) is 76.9 Å². The molecule has 0 saturated carbocycles. The Balaban J connectivity index is 1.54. The predicted octanol–water partition coefficient (Wildman–Crippen LogP) is 1.75. The van der Waals surface area contributed by atoms with Crippen molar-refractivity contribution in [2.75, 3.05) is 32.8 Å². The summed E-state index contributed by atoms with van der Waals surface area (Å²) in [6, 6.07) is 4.20. The second kappa shape index (κ2) is 8.17.